The summed E-state index contributed by atoms with van der Waals surface area (Å²) in [7, 11) is 0. The van der Waals surface area contributed by atoms with E-state index in [9.17, 15) is 0 Å². The van der Waals surface area contributed by atoms with Gasteiger partial charge in [0, 0.05) is 11.8 Å². The van der Waals surface area contributed by atoms with E-state index in [0.29, 0.717) is 0 Å². The molecular formula is C9H5NO. The van der Waals surface area contributed by atoms with Crippen LogP contribution in [-0.4, -0.2) is 4.98 Å². The van der Waals surface area contributed by atoms with Gasteiger partial charge in [-0.1, -0.05) is 12.2 Å². The molecule has 1 aliphatic rings. The molecule has 2 aromatic heterocycles. The van der Waals surface area contributed by atoms with E-state index in [4.69, 9.17) is 4.42 Å². The fourth-order valence-electron chi connectivity index (χ4n) is 1.46. The van der Waals surface area contributed by atoms with Crippen molar-refractivity contribution in [2.45, 2.75) is 0 Å². The summed E-state index contributed by atoms with van der Waals surface area (Å²) in [5, 5.41) is 1.15. The van der Waals surface area contributed by atoms with E-state index >= 15 is 0 Å². The van der Waals surface area contributed by atoms with Gasteiger partial charge in [-0.05, 0) is 11.6 Å². The normalized spacial score (nSPS) is 13.1. The van der Waals surface area contributed by atoms with Crippen LogP contribution in [0.3, 0.4) is 0 Å². The third kappa shape index (κ3) is 0.499. The largest absolute Gasteiger partial charge is 0.445 e. The van der Waals surface area contributed by atoms with Gasteiger partial charge in [-0.15, -0.1) is 0 Å². The fraction of sp³-hybridized carbons (Fsp3) is 0. The Kier molecular flexibility index (Phi) is 0.714. The van der Waals surface area contributed by atoms with Crippen molar-refractivity contribution in [1.29, 1.82) is 0 Å². The molecule has 0 fully saturated rings. The Morgan fingerprint density at radius 3 is 3.09 bits per heavy atom. The van der Waals surface area contributed by atoms with E-state index in [1.54, 1.807) is 12.5 Å². The number of aromatic nitrogens is 1. The second kappa shape index (κ2) is 1.53. The highest BCUT2D eigenvalue weighted by Crippen LogP contribution is 2.30. The molecule has 1 aliphatic carbocycles. The van der Waals surface area contributed by atoms with Crippen LogP contribution in [-0.2, 0) is 0 Å². The van der Waals surface area contributed by atoms with Crippen molar-refractivity contribution < 1.29 is 4.42 Å². The molecule has 0 amide bonds. The molecule has 0 aliphatic heterocycles. The Hall–Kier alpha value is -1.57. The molecule has 2 aromatic rings. The molecule has 2 heteroatoms. The first kappa shape index (κ1) is 5.13. The van der Waals surface area contributed by atoms with Crippen LogP contribution in [0.2, 0.25) is 0 Å². The fourth-order valence-corrected chi connectivity index (χ4v) is 1.46. The van der Waals surface area contributed by atoms with Crippen molar-refractivity contribution in [1.82, 2.24) is 4.98 Å². The third-order valence-corrected chi connectivity index (χ3v) is 1.98. The van der Waals surface area contributed by atoms with Crippen LogP contribution in [0.15, 0.2) is 22.9 Å². The first-order valence-corrected chi connectivity index (χ1v) is 3.49. The third-order valence-electron chi connectivity index (χ3n) is 1.98. The SMILES string of the molecule is C1=Cc2coc3nccc1c23. The summed E-state index contributed by atoms with van der Waals surface area (Å²) in [5.41, 5.74) is 3.09. The second-order valence-corrected chi connectivity index (χ2v) is 2.60. The summed E-state index contributed by atoms with van der Waals surface area (Å²) in [6.07, 6.45) is 7.63. The molecular weight excluding hydrogens is 138 g/mol. The van der Waals surface area contributed by atoms with Crippen LogP contribution in [0.1, 0.15) is 11.1 Å². The van der Waals surface area contributed by atoms with Crippen LogP contribution >= 0.6 is 0 Å². The number of hydrogen-bond acceptors (Lipinski definition) is 2. The standard InChI is InChI=1S/C9H5NO/c1-2-7-5-11-9-8(7)6(1)3-4-10-9/h1-5H. The van der Waals surface area contributed by atoms with Crippen LogP contribution in [0, 0.1) is 0 Å². The molecule has 0 saturated carbocycles. The molecule has 0 bridgehead atoms. The predicted molar refractivity (Wildman–Crippen MR) is 42.9 cm³/mol. The molecule has 52 valence electrons. The van der Waals surface area contributed by atoms with Crippen molar-refractivity contribution in [2.24, 2.45) is 0 Å². The minimum absolute atomic E-state index is 0.738. The first-order chi connectivity index (χ1) is 5.45. The van der Waals surface area contributed by atoms with Gasteiger partial charge in [-0.3, -0.25) is 0 Å². The predicted octanol–water partition coefficient (Wildman–Crippen LogP) is 2.31. The minimum Gasteiger partial charge on any atom is -0.445 e. The molecule has 3 rings (SSSR count). The van der Waals surface area contributed by atoms with Crippen molar-refractivity contribution >= 4 is 23.3 Å². The highest BCUT2D eigenvalue weighted by molar-refractivity contribution is 6.01. The number of nitrogens with zero attached hydrogens (tertiary/aromatic N) is 1. The zero-order valence-corrected chi connectivity index (χ0v) is 5.74. The Bertz CT molecular complexity index is 454. The van der Waals surface area contributed by atoms with Gasteiger partial charge in [-0.25, -0.2) is 4.98 Å². The molecule has 0 atom stereocenters. The molecule has 0 radical (unpaired) electrons. The molecule has 0 spiro atoms. The maximum atomic E-state index is 5.22. The maximum Gasteiger partial charge on any atom is 0.227 e. The highest BCUT2D eigenvalue weighted by atomic mass is 16.3. The number of pyridine rings is 1. The summed E-state index contributed by atoms with van der Waals surface area (Å²) in [4.78, 5) is 4.10. The molecule has 2 nitrogen and oxygen atoms in total. The molecule has 2 heterocycles. The average molecular weight is 143 g/mol. The van der Waals surface area contributed by atoms with E-state index in [1.807, 2.05) is 12.1 Å². The van der Waals surface area contributed by atoms with Crippen LogP contribution in [0.25, 0.3) is 23.3 Å². The summed E-state index contributed by atoms with van der Waals surface area (Å²) in [6, 6.07) is 1.99. The molecule has 0 unspecified atom stereocenters. The van der Waals surface area contributed by atoms with E-state index in [-0.39, 0.29) is 0 Å². The van der Waals surface area contributed by atoms with Crippen LogP contribution in [0.4, 0.5) is 0 Å². The number of hydrogen-bond donors (Lipinski definition) is 0. The smallest absolute Gasteiger partial charge is 0.227 e. The lowest BCUT2D eigenvalue weighted by Gasteiger charge is -1.88. The molecule has 0 aromatic carbocycles. The van der Waals surface area contributed by atoms with Gasteiger partial charge >= 0.3 is 0 Å². The van der Waals surface area contributed by atoms with E-state index in [0.717, 1.165) is 16.7 Å². The maximum absolute atomic E-state index is 5.22. The summed E-state index contributed by atoms with van der Waals surface area (Å²) in [5.74, 6) is 0. The van der Waals surface area contributed by atoms with E-state index in [2.05, 4.69) is 11.1 Å². The van der Waals surface area contributed by atoms with Gasteiger partial charge in [0.2, 0.25) is 5.71 Å². The van der Waals surface area contributed by atoms with Gasteiger partial charge in [0.1, 0.15) is 6.26 Å². The summed E-state index contributed by atoms with van der Waals surface area (Å²) >= 11 is 0. The van der Waals surface area contributed by atoms with Gasteiger partial charge in [0.15, 0.2) is 0 Å². The van der Waals surface area contributed by atoms with Crippen molar-refractivity contribution in [3.05, 3.63) is 29.7 Å². The van der Waals surface area contributed by atoms with Crippen molar-refractivity contribution in [2.75, 3.05) is 0 Å². The van der Waals surface area contributed by atoms with Crippen molar-refractivity contribution in [3.63, 3.8) is 0 Å². The molecule has 0 saturated heterocycles. The Labute approximate surface area is 63.2 Å². The second-order valence-electron chi connectivity index (χ2n) is 2.60. The highest BCUT2D eigenvalue weighted by Gasteiger charge is 2.11. The van der Waals surface area contributed by atoms with Gasteiger partial charge in [0.25, 0.3) is 0 Å². The van der Waals surface area contributed by atoms with E-state index in [1.165, 1.54) is 5.56 Å². The Morgan fingerprint density at radius 2 is 2.09 bits per heavy atom. The topological polar surface area (TPSA) is 26.0 Å². The minimum atomic E-state index is 0.738. The lowest BCUT2D eigenvalue weighted by atomic mass is 10.2. The van der Waals surface area contributed by atoms with E-state index < -0.39 is 0 Å². The van der Waals surface area contributed by atoms with Gasteiger partial charge in [-0.2, -0.15) is 0 Å². The van der Waals surface area contributed by atoms with Gasteiger partial charge < -0.3 is 4.42 Å². The zero-order valence-electron chi connectivity index (χ0n) is 5.74. The van der Waals surface area contributed by atoms with Gasteiger partial charge in [0.05, 0.1) is 5.39 Å². The quantitative estimate of drug-likeness (QED) is 0.482. The number of rotatable bonds is 0. The Morgan fingerprint density at radius 1 is 1.18 bits per heavy atom. The first-order valence-electron chi connectivity index (χ1n) is 3.49. The summed E-state index contributed by atoms with van der Waals surface area (Å²) < 4.78 is 5.22. The summed E-state index contributed by atoms with van der Waals surface area (Å²) in [6.45, 7) is 0. The van der Waals surface area contributed by atoms with Crippen LogP contribution in [0.5, 0.6) is 0 Å². The Balaban J connectivity index is 2.69. The molecule has 11 heavy (non-hydrogen) atoms. The van der Waals surface area contributed by atoms with Crippen molar-refractivity contribution in [3.8, 4) is 0 Å². The lowest BCUT2D eigenvalue weighted by Crippen LogP contribution is -1.74. The zero-order chi connectivity index (χ0) is 7.26. The average Bonchev–Trinajstić information content (AvgIpc) is 2.60. The lowest BCUT2D eigenvalue weighted by molar-refractivity contribution is 0.602. The number of furan rings is 1. The van der Waals surface area contributed by atoms with Crippen LogP contribution < -0.4 is 0 Å². The monoisotopic (exact) mass is 143 g/mol. The molecule has 0 N–H and O–H groups in total.